The number of ether oxygens (including phenoxy) is 1. The second kappa shape index (κ2) is 5.20. The van der Waals surface area contributed by atoms with Crippen molar-refractivity contribution in [3.63, 3.8) is 0 Å². The lowest BCUT2D eigenvalue weighted by atomic mass is 9.94. The zero-order valence-corrected chi connectivity index (χ0v) is 9.25. The highest BCUT2D eigenvalue weighted by molar-refractivity contribution is 5.67. The number of methoxy groups -OCH3 is 1. The van der Waals surface area contributed by atoms with Crippen molar-refractivity contribution in [3.8, 4) is 0 Å². The van der Waals surface area contributed by atoms with Crippen LogP contribution in [0.15, 0.2) is 0 Å². The Labute approximate surface area is 85.6 Å². The molecule has 0 aromatic carbocycles. The van der Waals surface area contributed by atoms with Gasteiger partial charge in [0.05, 0.1) is 7.11 Å². The quantitative estimate of drug-likeness (QED) is 0.725. The molecule has 2 unspecified atom stereocenters. The molecule has 4 heteroatoms. The molecule has 0 spiro atoms. The van der Waals surface area contributed by atoms with Gasteiger partial charge in [-0.05, 0) is 18.9 Å². The number of rotatable bonds is 2. The molecular formula is C10H20N2O2. The van der Waals surface area contributed by atoms with Gasteiger partial charge in [-0.1, -0.05) is 13.8 Å². The molecule has 14 heavy (non-hydrogen) atoms. The summed E-state index contributed by atoms with van der Waals surface area (Å²) in [5.41, 5.74) is 0. The first kappa shape index (κ1) is 11.3. The van der Waals surface area contributed by atoms with Crippen LogP contribution in [0.4, 0.5) is 4.79 Å². The van der Waals surface area contributed by atoms with Crippen molar-refractivity contribution >= 4 is 6.09 Å². The third kappa shape index (κ3) is 2.61. The van der Waals surface area contributed by atoms with Gasteiger partial charge in [0, 0.05) is 19.1 Å². The maximum Gasteiger partial charge on any atom is 0.409 e. The lowest BCUT2D eigenvalue weighted by molar-refractivity contribution is 0.0947. The minimum Gasteiger partial charge on any atom is -0.453 e. The Morgan fingerprint density at radius 2 is 2.36 bits per heavy atom. The van der Waals surface area contributed by atoms with Gasteiger partial charge >= 0.3 is 6.09 Å². The van der Waals surface area contributed by atoms with Crippen LogP contribution < -0.4 is 5.32 Å². The number of nitrogens with zero attached hydrogens (tertiary/aromatic N) is 1. The van der Waals surface area contributed by atoms with Crippen LogP contribution in [-0.2, 0) is 4.74 Å². The Kier molecular flexibility index (Phi) is 4.20. The average Bonchev–Trinajstić information content (AvgIpc) is 2.20. The molecule has 1 saturated heterocycles. The predicted molar refractivity (Wildman–Crippen MR) is 55.2 cm³/mol. The number of hydrogen-bond acceptors (Lipinski definition) is 3. The van der Waals surface area contributed by atoms with Crippen molar-refractivity contribution in [3.05, 3.63) is 0 Å². The fourth-order valence-electron chi connectivity index (χ4n) is 2.01. The van der Waals surface area contributed by atoms with E-state index >= 15 is 0 Å². The van der Waals surface area contributed by atoms with Crippen molar-refractivity contribution < 1.29 is 9.53 Å². The monoisotopic (exact) mass is 200 g/mol. The van der Waals surface area contributed by atoms with Crippen molar-refractivity contribution in [2.45, 2.75) is 26.3 Å². The first-order valence-electron chi connectivity index (χ1n) is 5.25. The van der Waals surface area contributed by atoms with E-state index in [4.69, 9.17) is 4.74 Å². The molecule has 1 N–H and O–H groups in total. The molecule has 0 radical (unpaired) electrons. The average molecular weight is 200 g/mol. The van der Waals surface area contributed by atoms with Crippen molar-refractivity contribution in [1.29, 1.82) is 0 Å². The summed E-state index contributed by atoms with van der Waals surface area (Å²) in [5, 5.41) is 3.43. The molecular weight excluding hydrogens is 180 g/mol. The van der Waals surface area contributed by atoms with Gasteiger partial charge in [-0.3, -0.25) is 0 Å². The summed E-state index contributed by atoms with van der Waals surface area (Å²) in [6.07, 6.45) is 0.816. The highest BCUT2D eigenvalue weighted by atomic mass is 16.5. The second-order valence-corrected chi connectivity index (χ2v) is 3.85. The summed E-state index contributed by atoms with van der Waals surface area (Å²) in [5.74, 6) is 0.503. The lowest BCUT2D eigenvalue weighted by Crippen LogP contribution is -2.50. The smallest absolute Gasteiger partial charge is 0.409 e. The van der Waals surface area contributed by atoms with Crippen molar-refractivity contribution in [2.24, 2.45) is 5.92 Å². The first-order valence-corrected chi connectivity index (χ1v) is 5.25. The fourth-order valence-corrected chi connectivity index (χ4v) is 2.01. The maximum atomic E-state index is 11.3. The van der Waals surface area contributed by atoms with Crippen LogP contribution in [0, 0.1) is 5.92 Å². The molecule has 1 fully saturated rings. The molecule has 0 bridgehead atoms. The van der Waals surface area contributed by atoms with E-state index in [1.54, 1.807) is 4.90 Å². The van der Waals surface area contributed by atoms with E-state index in [0.29, 0.717) is 12.0 Å². The van der Waals surface area contributed by atoms with E-state index in [9.17, 15) is 4.79 Å². The summed E-state index contributed by atoms with van der Waals surface area (Å²) in [6.45, 7) is 6.87. The Morgan fingerprint density at radius 1 is 1.64 bits per heavy atom. The predicted octanol–water partition coefficient (Wildman–Crippen LogP) is 1.07. The fraction of sp³-hybridized carbons (Fsp3) is 0.900. The topological polar surface area (TPSA) is 41.6 Å². The summed E-state index contributed by atoms with van der Waals surface area (Å²) < 4.78 is 4.70. The molecule has 0 aromatic heterocycles. The summed E-state index contributed by atoms with van der Waals surface area (Å²) in [6, 6.07) is 0.543. The van der Waals surface area contributed by atoms with Gasteiger partial charge in [0.15, 0.2) is 0 Å². The first-order chi connectivity index (χ1) is 6.69. The van der Waals surface area contributed by atoms with Crippen LogP contribution in [0.25, 0.3) is 0 Å². The van der Waals surface area contributed by atoms with Gasteiger partial charge in [0.25, 0.3) is 0 Å². The SMILES string of the molecule is CCNC1CCN(C(=O)OC)CC1C. The molecule has 4 nitrogen and oxygen atoms in total. The molecule has 1 aliphatic rings. The van der Waals surface area contributed by atoms with Gasteiger partial charge in [0.2, 0.25) is 0 Å². The molecule has 82 valence electrons. The second-order valence-electron chi connectivity index (χ2n) is 3.85. The highest BCUT2D eigenvalue weighted by Gasteiger charge is 2.28. The van der Waals surface area contributed by atoms with Crippen LogP contribution in [0.1, 0.15) is 20.3 Å². The molecule has 0 saturated carbocycles. The summed E-state index contributed by atoms with van der Waals surface area (Å²) in [4.78, 5) is 13.0. The van der Waals surface area contributed by atoms with Gasteiger partial charge in [-0.25, -0.2) is 4.79 Å². The molecule has 0 aliphatic carbocycles. The maximum absolute atomic E-state index is 11.3. The summed E-state index contributed by atoms with van der Waals surface area (Å²) in [7, 11) is 1.43. The van der Waals surface area contributed by atoms with Gasteiger partial charge in [-0.2, -0.15) is 0 Å². The third-order valence-corrected chi connectivity index (χ3v) is 2.80. The number of nitrogens with one attached hydrogen (secondary N) is 1. The number of carbonyl (C=O) groups excluding carboxylic acids is 1. The Hall–Kier alpha value is -0.770. The van der Waals surface area contributed by atoms with Crippen LogP contribution in [0.5, 0.6) is 0 Å². The Bertz CT molecular complexity index is 197. The molecule has 1 heterocycles. The van der Waals surface area contributed by atoms with Gasteiger partial charge in [-0.15, -0.1) is 0 Å². The zero-order chi connectivity index (χ0) is 10.6. The number of carbonyl (C=O) groups is 1. The van der Waals surface area contributed by atoms with E-state index < -0.39 is 0 Å². The molecule has 1 rings (SSSR count). The van der Waals surface area contributed by atoms with Gasteiger partial charge in [0.1, 0.15) is 0 Å². The minimum absolute atomic E-state index is 0.202. The van der Waals surface area contributed by atoms with E-state index in [-0.39, 0.29) is 6.09 Å². The number of piperidine rings is 1. The lowest BCUT2D eigenvalue weighted by Gasteiger charge is -2.36. The largest absolute Gasteiger partial charge is 0.453 e. The third-order valence-electron chi connectivity index (χ3n) is 2.80. The number of amides is 1. The van der Waals surface area contributed by atoms with Crippen LogP contribution in [-0.4, -0.2) is 43.8 Å². The van der Waals surface area contributed by atoms with Crippen molar-refractivity contribution in [2.75, 3.05) is 26.7 Å². The Morgan fingerprint density at radius 3 is 2.86 bits per heavy atom. The van der Waals surface area contributed by atoms with Crippen LogP contribution >= 0.6 is 0 Å². The van der Waals surface area contributed by atoms with E-state index in [2.05, 4.69) is 19.2 Å². The Balaban J connectivity index is 2.42. The molecule has 1 amide bonds. The highest BCUT2D eigenvalue weighted by Crippen LogP contribution is 2.17. The number of likely N-dealkylation sites (tertiary alicyclic amines) is 1. The zero-order valence-electron chi connectivity index (χ0n) is 9.25. The van der Waals surface area contributed by atoms with E-state index in [1.807, 2.05) is 0 Å². The van der Waals surface area contributed by atoms with Crippen LogP contribution in [0.2, 0.25) is 0 Å². The van der Waals surface area contributed by atoms with Crippen molar-refractivity contribution in [1.82, 2.24) is 10.2 Å². The normalized spacial score (nSPS) is 27.5. The van der Waals surface area contributed by atoms with Gasteiger partial charge < -0.3 is 15.0 Å². The standard InChI is InChI=1S/C10H20N2O2/c1-4-11-9-5-6-12(7-8(9)2)10(13)14-3/h8-9,11H,4-7H2,1-3H3. The van der Waals surface area contributed by atoms with E-state index in [0.717, 1.165) is 26.1 Å². The number of hydrogen-bond donors (Lipinski definition) is 1. The molecule has 2 atom stereocenters. The minimum atomic E-state index is -0.202. The molecule has 1 aliphatic heterocycles. The molecule has 0 aromatic rings. The summed E-state index contributed by atoms with van der Waals surface area (Å²) >= 11 is 0. The van der Waals surface area contributed by atoms with E-state index in [1.165, 1.54) is 7.11 Å². The van der Waals surface area contributed by atoms with Crippen LogP contribution in [0.3, 0.4) is 0 Å².